The third-order valence-corrected chi connectivity index (χ3v) is 5.67. The van der Waals surface area contributed by atoms with Gasteiger partial charge >= 0.3 is 0 Å². The first-order chi connectivity index (χ1) is 17.6. The van der Waals surface area contributed by atoms with Crippen LogP contribution in [-0.2, 0) is 12.0 Å². The quantitative estimate of drug-likeness (QED) is 0.199. The molecule has 0 aliphatic rings. The van der Waals surface area contributed by atoms with Crippen LogP contribution in [0.2, 0.25) is 0 Å². The van der Waals surface area contributed by atoms with Gasteiger partial charge in [-0.25, -0.2) is 0 Å². The number of ether oxygens (including phenoxy) is 2. The molecule has 190 valence electrons. The molecule has 0 atom stereocenters. The summed E-state index contributed by atoms with van der Waals surface area (Å²) in [6.45, 7) is 8.44. The van der Waals surface area contributed by atoms with E-state index < -0.39 is 10.8 Å². The zero-order valence-corrected chi connectivity index (χ0v) is 21.1. The number of hydrogen-bond donors (Lipinski definition) is 1. The number of nitro groups is 1. The Balaban J connectivity index is 1.43. The molecular weight excluding hydrogens is 472 g/mol. The molecule has 0 aliphatic carbocycles. The van der Waals surface area contributed by atoms with E-state index in [1.807, 2.05) is 49.4 Å². The maximum atomic E-state index is 12.8. The number of para-hydroxylation sites is 1. The topological polar surface area (TPSA) is 104 Å². The van der Waals surface area contributed by atoms with Crippen LogP contribution >= 0.6 is 0 Å². The van der Waals surface area contributed by atoms with Gasteiger partial charge in [0.25, 0.3) is 11.6 Å². The summed E-state index contributed by atoms with van der Waals surface area (Å²) in [5, 5.41) is 14.1. The molecule has 3 aromatic carbocycles. The van der Waals surface area contributed by atoms with Crippen LogP contribution in [0, 0.1) is 17.0 Å². The number of carbonyl (C=O) groups is 1. The Hall–Kier alpha value is -4.59. The second-order valence-corrected chi connectivity index (χ2v) is 9.62. The van der Waals surface area contributed by atoms with Gasteiger partial charge in [0.1, 0.15) is 29.6 Å². The van der Waals surface area contributed by atoms with E-state index in [4.69, 9.17) is 13.9 Å². The average molecular weight is 501 g/mol. The van der Waals surface area contributed by atoms with Gasteiger partial charge in [-0.1, -0.05) is 51.1 Å². The first-order valence-electron chi connectivity index (χ1n) is 11.7. The molecule has 0 spiro atoms. The molecule has 37 heavy (non-hydrogen) atoms. The highest BCUT2D eigenvalue weighted by Crippen LogP contribution is 2.31. The molecule has 8 nitrogen and oxygen atoms in total. The monoisotopic (exact) mass is 500 g/mol. The largest absolute Gasteiger partial charge is 0.486 e. The highest BCUT2D eigenvalue weighted by Gasteiger charge is 2.17. The van der Waals surface area contributed by atoms with Crippen molar-refractivity contribution in [2.45, 2.75) is 39.7 Å². The van der Waals surface area contributed by atoms with Gasteiger partial charge in [-0.15, -0.1) is 0 Å². The standard InChI is InChI=1S/C29H28N2O6/c1-19-7-5-6-8-26(19)37-25-16-21(15-22(17-25)31(33)34)30-28(32)27-14-13-24(36-27)18-35-23-11-9-20(10-12-23)29(2,3)4/h5-17H,18H2,1-4H3,(H,30,32). The Bertz CT molecular complexity index is 1420. The number of nitrogens with zero attached hydrogens (tertiary/aromatic N) is 1. The molecule has 0 saturated carbocycles. The van der Waals surface area contributed by atoms with Gasteiger partial charge in [0.15, 0.2) is 5.76 Å². The van der Waals surface area contributed by atoms with Crippen LogP contribution in [0.4, 0.5) is 11.4 Å². The van der Waals surface area contributed by atoms with Crippen LogP contribution < -0.4 is 14.8 Å². The number of hydrogen-bond acceptors (Lipinski definition) is 6. The summed E-state index contributed by atoms with van der Waals surface area (Å²) in [4.78, 5) is 23.7. The number of nitro benzene ring substituents is 1. The molecule has 1 heterocycles. The van der Waals surface area contributed by atoms with Crippen molar-refractivity contribution in [3.8, 4) is 17.2 Å². The number of nitrogens with one attached hydrogen (secondary N) is 1. The summed E-state index contributed by atoms with van der Waals surface area (Å²) in [6.07, 6.45) is 0. The van der Waals surface area contributed by atoms with Gasteiger partial charge in [-0.05, 0) is 53.8 Å². The lowest BCUT2D eigenvalue weighted by Gasteiger charge is -2.19. The summed E-state index contributed by atoms with van der Waals surface area (Å²) in [6, 6.07) is 22.4. The Morgan fingerprint density at radius 1 is 0.973 bits per heavy atom. The van der Waals surface area contributed by atoms with Gasteiger partial charge in [0.05, 0.1) is 16.7 Å². The SMILES string of the molecule is Cc1ccccc1Oc1cc(NC(=O)c2ccc(COc3ccc(C(C)(C)C)cc3)o2)cc([N+](=O)[O-])c1. The average Bonchev–Trinajstić information content (AvgIpc) is 3.33. The molecule has 0 saturated heterocycles. The molecule has 0 radical (unpaired) electrons. The Kier molecular flexibility index (Phi) is 7.29. The number of rotatable bonds is 8. The third-order valence-electron chi connectivity index (χ3n) is 5.67. The lowest BCUT2D eigenvalue weighted by molar-refractivity contribution is -0.384. The van der Waals surface area contributed by atoms with E-state index >= 15 is 0 Å². The number of anilines is 1. The van der Waals surface area contributed by atoms with Crippen molar-refractivity contribution in [2.75, 3.05) is 5.32 Å². The summed E-state index contributed by atoms with van der Waals surface area (Å²) in [5.74, 6) is 1.44. The summed E-state index contributed by atoms with van der Waals surface area (Å²) < 4.78 is 17.2. The van der Waals surface area contributed by atoms with Crippen molar-refractivity contribution in [1.82, 2.24) is 0 Å². The minimum atomic E-state index is -0.553. The molecular formula is C29H28N2O6. The number of non-ortho nitro benzene ring substituents is 1. The number of aryl methyl sites for hydroxylation is 1. The zero-order chi connectivity index (χ0) is 26.6. The summed E-state index contributed by atoms with van der Waals surface area (Å²) in [5.41, 5.74) is 2.11. The number of furan rings is 1. The first kappa shape index (κ1) is 25.5. The molecule has 4 rings (SSSR count). The lowest BCUT2D eigenvalue weighted by Crippen LogP contribution is -2.11. The van der Waals surface area contributed by atoms with Crippen molar-refractivity contribution < 1.29 is 23.6 Å². The number of amides is 1. The number of carbonyl (C=O) groups excluding carboxylic acids is 1. The van der Waals surface area contributed by atoms with Crippen LogP contribution in [-0.4, -0.2) is 10.8 Å². The maximum Gasteiger partial charge on any atom is 0.291 e. The van der Waals surface area contributed by atoms with Crippen LogP contribution in [0.15, 0.2) is 83.3 Å². The van der Waals surface area contributed by atoms with Gasteiger partial charge in [0.2, 0.25) is 0 Å². The molecule has 1 N–H and O–H groups in total. The highest BCUT2D eigenvalue weighted by molar-refractivity contribution is 6.02. The molecule has 0 bridgehead atoms. The lowest BCUT2D eigenvalue weighted by atomic mass is 9.87. The van der Waals surface area contributed by atoms with Crippen LogP contribution in [0.5, 0.6) is 17.2 Å². The van der Waals surface area contributed by atoms with Crippen molar-refractivity contribution in [3.05, 3.63) is 112 Å². The van der Waals surface area contributed by atoms with E-state index in [0.717, 1.165) is 5.56 Å². The maximum absolute atomic E-state index is 12.8. The van der Waals surface area contributed by atoms with E-state index in [9.17, 15) is 14.9 Å². The predicted octanol–water partition coefficient (Wildman–Crippen LogP) is 7.42. The molecule has 4 aromatic rings. The highest BCUT2D eigenvalue weighted by atomic mass is 16.6. The second kappa shape index (κ2) is 10.6. The van der Waals surface area contributed by atoms with Crippen LogP contribution in [0.1, 0.15) is 48.2 Å². The van der Waals surface area contributed by atoms with E-state index in [0.29, 0.717) is 17.3 Å². The van der Waals surface area contributed by atoms with E-state index in [-0.39, 0.29) is 34.9 Å². The molecule has 0 unspecified atom stereocenters. The minimum Gasteiger partial charge on any atom is -0.486 e. The molecule has 8 heteroatoms. The molecule has 0 fully saturated rings. The van der Waals surface area contributed by atoms with Gasteiger partial charge in [-0.2, -0.15) is 0 Å². The molecule has 1 aromatic heterocycles. The molecule has 1 amide bonds. The predicted molar refractivity (Wildman–Crippen MR) is 140 cm³/mol. The van der Waals surface area contributed by atoms with Gasteiger partial charge < -0.3 is 19.2 Å². The Morgan fingerprint density at radius 3 is 2.38 bits per heavy atom. The second-order valence-electron chi connectivity index (χ2n) is 9.62. The van der Waals surface area contributed by atoms with Gasteiger partial charge in [-0.3, -0.25) is 14.9 Å². The third kappa shape index (κ3) is 6.55. The van der Waals surface area contributed by atoms with Crippen molar-refractivity contribution in [2.24, 2.45) is 0 Å². The van der Waals surface area contributed by atoms with Crippen LogP contribution in [0.25, 0.3) is 0 Å². The number of benzene rings is 3. The van der Waals surface area contributed by atoms with Crippen molar-refractivity contribution in [1.29, 1.82) is 0 Å². The van der Waals surface area contributed by atoms with E-state index in [1.165, 1.54) is 29.8 Å². The van der Waals surface area contributed by atoms with E-state index in [1.54, 1.807) is 12.1 Å². The Morgan fingerprint density at radius 2 is 1.70 bits per heavy atom. The van der Waals surface area contributed by atoms with Crippen molar-refractivity contribution >= 4 is 17.3 Å². The smallest absolute Gasteiger partial charge is 0.291 e. The fourth-order valence-corrected chi connectivity index (χ4v) is 3.59. The van der Waals surface area contributed by atoms with E-state index in [2.05, 4.69) is 26.1 Å². The van der Waals surface area contributed by atoms with Crippen LogP contribution in [0.3, 0.4) is 0 Å². The minimum absolute atomic E-state index is 0.0500. The fourth-order valence-electron chi connectivity index (χ4n) is 3.59. The summed E-state index contributed by atoms with van der Waals surface area (Å²) in [7, 11) is 0. The fraction of sp³-hybridized carbons (Fsp3) is 0.207. The first-order valence-corrected chi connectivity index (χ1v) is 11.7. The normalized spacial score (nSPS) is 11.1. The molecule has 0 aliphatic heterocycles. The summed E-state index contributed by atoms with van der Waals surface area (Å²) >= 11 is 0. The van der Waals surface area contributed by atoms with Crippen molar-refractivity contribution in [3.63, 3.8) is 0 Å². The zero-order valence-electron chi connectivity index (χ0n) is 21.1. The van der Waals surface area contributed by atoms with Gasteiger partial charge in [0, 0.05) is 12.1 Å². The Labute approximate surface area is 215 Å².